The molecular formula is C21H25N5O2. The molecule has 1 saturated heterocycles. The molecule has 1 aromatic carbocycles. The lowest BCUT2D eigenvalue weighted by Crippen LogP contribution is -2.53. The standard InChI is InChI=1S/C21H25N5O2/c1-3-24-9-8-23-20(24)14-25-10-11-26(13-16(25)2)21(27)18-6-4-17(5-7-18)19-12-22-15-28-19/h4-9,12,15-16H,3,10-11,13-14H2,1-2H3/t16-/m1/s1. The van der Waals surface area contributed by atoms with E-state index in [0.29, 0.717) is 11.3 Å². The quantitative estimate of drug-likeness (QED) is 0.682. The maximum atomic E-state index is 12.9. The summed E-state index contributed by atoms with van der Waals surface area (Å²) in [7, 11) is 0. The summed E-state index contributed by atoms with van der Waals surface area (Å²) < 4.78 is 7.47. The first-order valence-electron chi connectivity index (χ1n) is 9.68. The van der Waals surface area contributed by atoms with Crippen molar-refractivity contribution in [3.8, 4) is 11.3 Å². The molecule has 28 heavy (non-hydrogen) atoms. The summed E-state index contributed by atoms with van der Waals surface area (Å²) in [4.78, 5) is 25.7. The Hall–Kier alpha value is -2.93. The van der Waals surface area contributed by atoms with Crippen LogP contribution in [0.5, 0.6) is 0 Å². The molecule has 0 N–H and O–H groups in total. The number of amides is 1. The number of carbonyl (C=O) groups excluding carboxylic acids is 1. The molecular weight excluding hydrogens is 354 g/mol. The third-order valence-corrected chi connectivity index (χ3v) is 5.39. The van der Waals surface area contributed by atoms with Crippen LogP contribution in [0.4, 0.5) is 0 Å². The molecule has 1 fully saturated rings. The largest absolute Gasteiger partial charge is 0.444 e. The van der Waals surface area contributed by atoms with E-state index in [4.69, 9.17) is 4.42 Å². The van der Waals surface area contributed by atoms with Crippen LogP contribution >= 0.6 is 0 Å². The highest BCUT2D eigenvalue weighted by molar-refractivity contribution is 5.94. The number of aromatic nitrogens is 3. The van der Waals surface area contributed by atoms with Gasteiger partial charge in [-0.15, -0.1) is 0 Å². The lowest BCUT2D eigenvalue weighted by Gasteiger charge is -2.39. The van der Waals surface area contributed by atoms with Crippen LogP contribution in [0.3, 0.4) is 0 Å². The number of imidazole rings is 1. The lowest BCUT2D eigenvalue weighted by molar-refractivity contribution is 0.0486. The molecule has 1 aliphatic heterocycles. The van der Waals surface area contributed by atoms with E-state index < -0.39 is 0 Å². The Kier molecular flexibility index (Phi) is 5.25. The minimum absolute atomic E-state index is 0.0747. The molecule has 0 radical (unpaired) electrons. The van der Waals surface area contributed by atoms with E-state index in [2.05, 4.69) is 33.3 Å². The number of aryl methyl sites for hydroxylation is 1. The van der Waals surface area contributed by atoms with Gasteiger partial charge < -0.3 is 13.9 Å². The van der Waals surface area contributed by atoms with Gasteiger partial charge in [0.25, 0.3) is 5.91 Å². The number of oxazole rings is 1. The van der Waals surface area contributed by atoms with Crippen molar-refractivity contribution >= 4 is 5.91 Å². The van der Waals surface area contributed by atoms with Crippen molar-refractivity contribution in [3.05, 3.63) is 60.6 Å². The second kappa shape index (κ2) is 7.98. The topological polar surface area (TPSA) is 67.4 Å². The molecule has 4 rings (SSSR count). The third kappa shape index (κ3) is 3.71. The molecule has 2 aromatic heterocycles. The molecule has 3 aromatic rings. The zero-order chi connectivity index (χ0) is 19.5. The van der Waals surface area contributed by atoms with Gasteiger partial charge in [0, 0.05) is 55.7 Å². The van der Waals surface area contributed by atoms with Crippen molar-refractivity contribution < 1.29 is 9.21 Å². The molecule has 0 bridgehead atoms. The molecule has 1 aliphatic rings. The SMILES string of the molecule is CCn1ccnc1CN1CCN(C(=O)c2ccc(-c3cnco3)cc2)C[C@H]1C. The maximum Gasteiger partial charge on any atom is 0.253 e. The van der Waals surface area contributed by atoms with E-state index in [1.165, 1.54) is 6.39 Å². The number of benzene rings is 1. The van der Waals surface area contributed by atoms with Gasteiger partial charge in [-0.05, 0) is 26.0 Å². The van der Waals surface area contributed by atoms with Gasteiger partial charge in [0.1, 0.15) is 5.82 Å². The van der Waals surface area contributed by atoms with Crippen molar-refractivity contribution in [2.24, 2.45) is 0 Å². The van der Waals surface area contributed by atoms with Crippen molar-refractivity contribution in [3.63, 3.8) is 0 Å². The van der Waals surface area contributed by atoms with Crippen LogP contribution in [0.1, 0.15) is 30.0 Å². The summed E-state index contributed by atoms with van der Waals surface area (Å²) >= 11 is 0. The van der Waals surface area contributed by atoms with E-state index >= 15 is 0 Å². The molecule has 7 nitrogen and oxygen atoms in total. The molecule has 0 spiro atoms. The molecule has 1 atom stereocenters. The number of carbonyl (C=O) groups is 1. The van der Waals surface area contributed by atoms with Crippen LogP contribution in [0, 0.1) is 0 Å². The summed E-state index contributed by atoms with van der Waals surface area (Å²) in [5, 5.41) is 0. The maximum absolute atomic E-state index is 12.9. The highest BCUT2D eigenvalue weighted by Crippen LogP contribution is 2.21. The first-order chi connectivity index (χ1) is 13.7. The van der Waals surface area contributed by atoms with Gasteiger partial charge in [0.2, 0.25) is 0 Å². The van der Waals surface area contributed by atoms with E-state index in [0.717, 1.165) is 44.1 Å². The van der Waals surface area contributed by atoms with Crippen LogP contribution in [0.25, 0.3) is 11.3 Å². The minimum Gasteiger partial charge on any atom is -0.444 e. The summed E-state index contributed by atoms with van der Waals surface area (Å²) in [6, 6.07) is 7.80. The van der Waals surface area contributed by atoms with Crippen molar-refractivity contribution in [1.29, 1.82) is 0 Å². The Morgan fingerprint density at radius 3 is 2.75 bits per heavy atom. The monoisotopic (exact) mass is 379 g/mol. The fourth-order valence-electron chi connectivity index (χ4n) is 3.69. The van der Waals surface area contributed by atoms with Crippen LogP contribution in [-0.2, 0) is 13.1 Å². The molecule has 0 aliphatic carbocycles. The smallest absolute Gasteiger partial charge is 0.253 e. The Bertz CT molecular complexity index is 917. The average molecular weight is 379 g/mol. The van der Waals surface area contributed by atoms with Crippen LogP contribution < -0.4 is 0 Å². The van der Waals surface area contributed by atoms with E-state index in [1.54, 1.807) is 6.20 Å². The van der Waals surface area contributed by atoms with Crippen molar-refractivity contribution in [2.45, 2.75) is 33.0 Å². The number of piperazine rings is 1. The summed E-state index contributed by atoms with van der Waals surface area (Å²) in [6.07, 6.45) is 6.94. The highest BCUT2D eigenvalue weighted by atomic mass is 16.3. The highest BCUT2D eigenvalue weighted by Gasteiger charge is 2.28. The van der Waals surface area contributed by atoms with Gasteiger partial charge in [-0.2, -0.15) is 0 Å². The predicted octanol–water partition coefficient (Wildman–Crippen LogP) is 2.90. The number of rotatable bonds is 5. The number of hydrogen-bond donors (Lipinski definition) is 0. The molecule has 146 valence electrons. The van der Waals surface area contributed by atoms with Gasteiger partial charge in [0.05, 0.1) is 12.7 Å². The normalized spacial score (nSPS) is 17.8. The van der Waals surface area contributed by atoms with Crippen LogP contribution in [-0.4, -0.2) is 55.9 Å². The van der Waals surface area contributed by atoms with Crippen molar-refractivity contribution in [1.82, 2.24) is 24.3 Å². The Morgan fingerprint density at radius 2 is 2.07 bits per heavy atom. The van der Waals surface area contributed by atoms with Gasteiger partial charge in [-0.25, -0.2) is 9.97 Å². The second-order valence-electron chi connectivity index (χ2n) is 7.14. The molecule has 1 amide bonds. The predicted molar refractivity (Wildman–Crippen MR) is 106 cm³/mol. The second-order valence-corrected chi connectivity index (χ2v) is 7.14. The molecule has 0 saturated carbocycles. The van der Waals surface area contributed by atoms with Crippen LogP contribution in [0.15, 0.2) is 53.7 Å². The van der Waals surface area contributed by atoms with Crippen LogP contribution in [0.2, 0.25) is 0 Å². The lowest BCUT2D eigenvalue weighted by atomic mass is 10.1. The zero-order valence-corrected chi connectivity index (χ0v) is 16.3. The van der Waals surface area contributed by atoms with E-state index in [1.807, 2.05) is 41.6 Å². The van der Waals surface area contributed by atoms with Crippen molar-refractivity contribution in [2.75, 3.05) is 19.6 Å². The Balaban J connectivity index is 1.39. The molecule has 7 heteroatoms. The van der Waals surface area contributed by atoms with E-state index in [-0.39, 0.29) is 11.9 Å². The van der Waals surface area contributed by atoms with Gasteiger partial charge in [0.15, 0.2) is 12.2 Å². The molecule has 3 heterocycles. The number of nitrogens with zero attached hydrogens (tertiary/aromatic N) is 5. The Morgan fingerprint density at radius 1 is 1.25 bits per heavy atom. The summed E-state index contributed by atoms with van der Waals surface area (Å²) in [5.74, 6) is 1.86. The van der Waals surface area contributed by atoms with Gasteiger partial charge in [-0.1, -0.05) is 12.1 Å². The third-order valence-electron chi connectivity index (χ3n) is 5.39. The van der Waals surface area contributed by atoms with E-state index in [9.17, 15) is 4.79 Å². The average Bonchev–Trinajstić information content (AvgIpc) is 3.41. The zero-order valence-electron chi connectivity index (χ0n) is 16.3. The first-order valence-corrected chi connectivity index (χ1v) is 9.68. The fraction of sp³-hybridized carbons (Fsp3) is 0.381. The number of hydrogen-bond acceptors (Lipinski definition) is 5. The fourth-order valence-corrected chi connectivity index (χ4v) is 3.69. The van der Waals surface area contributed by atoms with Gasteiger partial charge in [-0.3, -0.25) is 9.69 Å². The first kappa shape index (κ1) is 18.4. The minimum atomic E-state index is 0.0747. The summed E-state index contributed by atoms with van der Waals surface area (Å²) in [6.45, 7) is 8.32. The van der Waals surface area contributed by atoms with Gasteiger partial charge >= 0.3 is 0 Å². The summed E-state index contributed by atoms with van der Waals surface area (Å²) in [5.41, 5.74) is 1.61. The Labute approximate surface area is 164 Å². The molecule has 0 unspecified atom stereocenters.